The molecule has 0 radical (unpaired) electrons. The smallest absolute Gasteiger partial charge is 0.193 e. The summed E-state index contributed by atoms with van der Waals surface area (Å²) in [5.41, 5.74) is 2.17. The molecule has 2 aromatic rings. The van der Waals surface area contributed by atoms with Gasteiger partial charge in [0.2, 0.25) is 0 Å². The van der Waals surface area contributed by atoms with Gasteiger partial charge >= 0.3 is 0 Å². The van der Waals surface area contributed by atoms with E-state index in [1.54, 1.807) is 31.2 Å². The molecule has 0 saturated heterocycles. The Kier molecular flexibility index (Phi) is 10.3. The van der Waals surface area contributed by atoms with Crippen molar-refractivity contribution >= 4 is 11.6 Å². The van der Waals surface area contributed by atoms with E-state index < -0.39 is 0 Å². The Morgan fingerprint density at radius 1 is 0.783 bits per heavy atom. The summed E-state index contributed by atoms with van der Waals surface area (Å²) in [6.45, 7) is 11.4. The summed E-state index contributed by atoms with van der Waals surface area (Å²) in [6.07, 6.45) is 0. The molecule has 1 atom stereocenters. The molecular formula is C21H28O2. The lowest BCUT2D eigenvalue weighted by molar-refractivity contribution is -0.118. The van der Waals surface area contributed by atoms with Crippen LogP contribution in [-0.4, -0.2) is 11.6 Å². The van der Waals surface area contributed by atoms with Crippen LogP contribution in [0.2, 0.25) is 0 Å². The van der Waals surface area contributed by atoms with Gasteiger partial charge in [-0.3, -0.25) is 9.59 Å². The standard InChI is InChI=1S/C17H16O2.2C2H6/c1-12(13(2)18)15-9-6-10-16(11-15)17(19)14-7-4-3-5-8-14;2*1-2/h3-12H,1-2H3;2*1-2H3. The molecule has 0 aromatic heterocycles. The lowest BCUT2D eigenvalue weighted by Crippen LogP contribution is -2.07. The van der Waals surface area contributed by atoms with Crippen molar-refractivity contribution in [3.8, 4) is 0 Å². The minimum absolute atomic E-state index is 0.0156. The molecule has 2 heteroatoms. The van der Waals surface area contributed by atoms with Crippen molar-refractivity contribution < 1.29 is 9.59 Å². The molecule has 2 nitrogen and oxygen atoms in total. The topological polar surface area (TPSA) is 34.1 Å². The lowest BCUT2D eigenvalue weighted by Gasteiger charge is -2.09. The maximum absolute atomic E-state index is 12.3. The molecule has 23 heavy (non-hydrogen) atoms. The third-order valence-corrected chi connectivity index (χ3v) is 3.29. The molecule has 2 aromatic carbocycles. The Balaban J connectivity index is 0.00000112. The summed E-state index contributed by atoms with van der Waals surface area (Å²) in [5.74, 6) is -0.0916. The van der Waals surface area contributed by atoms with Gasteiger partial charge in [-0.25, -0.2) is 0 Å². The number of rotatable bonds is 4. The third-order valence-electron chi connectivity index (χ3n) is 3.29. The first-order valence-electron chi connectivity index (χ1n) is 8.29. The fourth-order valence-corrected chi connectivity index (χ4v) is 1.94. The van der Waals surface area contributed by atoms with Crippen LogP contribution >= 0.6 is 0 Å². The molecule has 1 unspecified atom stereocenters. The van der Waals surface area contributed by atoms with E-state index in [-0.39, 0.29) is 17.5 Å². The summed E-state index contributed by atoms with van der Waals surface area (Å²) in [5, 5.41) is 0. The molecule has 124 valence electrons. The fourth-order valence-electron chi connectivity index (χ4n) is 1.94. The summed E-state index contributed by atoms with van der Waals surface area (Å²) in [4.78, 5) is 23.7. The molecule has 2 rings (SSSR count). The van der Waals surface area contributed by atoms with Gasteiger partial charge in [-0.15, -0.1) is 0 Å². The quantitative estimate of drug-likeness (QED) is 0.682. The van der Waals surface area contributed by atoms with Gasteiger partial charge in [-0.2, -0.15) is 0 Å². The van der Waals surface area contributed by atoms with Crippen molar-refractivity contribution in [3.05, 3.63) is 71.3 Å². The van der Waals surface area contributed by atoms with Crippen molar-refractivity contribution in [2.45, 2.75) is 47.5 Å². The van der Waals surface area contributed by atoms with E-state index >= 15 is 0 Å². The van der Waals surface area contributed by atoms with Gasteiger partial charge in [-0.05, 0) is 18.6 Å². The highest BCUT2D eigenvalue weighted by atomic mass is 16.1. The zero-order chi connectivity index (χ0) is 17.8. The van der Waals surface area contributed by atoms with Gasteiger partial charge in [0.05, 0.1) is 0 Å². The van der Waals surface area contributed by atoms with Crippen LogP contribution in [-0.2, 0) is 4.79 Å². The van der Waals surface area contributed by atoms with Gasteiger partial charge in [-0.1, -0.05) is 83.1 Å². The maximum atomic E-state index is 12.3. The molecule has 0 aliphatic heterocycles. The van der Waals surface area contributed by atoms with Gasteiger partial charge in [0.25, 0.3) is 0 Å². The van der Waals surface area contributed by atoms with Crippen molar-refractivity contribution in [2.24, 2.45) is 0 Å². The van der Waals surface area contributed by atoms with Crippen LogP contribution in [0.4, 0.5) is 0 Å². The van der Waals surface area contributed by atoms with Crippen LogP contribution < -0.4 is 0 Å². The predicted octanol–water partition coefficient (Wildman–Crippen LogP) is 5.66. The lowest BCUT2D eigenvalue weighted by atomic mass is 9.94. The Labute approximate surface area is 140 Å². The molecule has 0 aliphatic rings. The highest BCUT2D eigenvalue weighted by Gasteiger charge is 2.14. The highest BCUT2D eigenvalue weighted by Crippen LogP contribution is 2.19. The number of carbonyl (C=O) groups excluding carboxylic acids is 2. The molecule has 0 N–H and O–H groups in total. The van der Waals surface area contributed by atoms with Crippen molar-refractivity contribution in [2.75, 3.05) is 0 Å². The predicted molar refractivity (Wildman–Crippen MR) is 98.1 cm³/mol. The number of hydrogen-bond donors (Lipinski definition) is 0. The first-order valence-corrected chi connectivity index (χ1v) is 8.29. The number of benzene rings is 2. The minimum atomic E-state index is -0.177. The van der Waals surface area contributed by atoms with E-state index in [9.17, 15) is 9.59 Å². The van der Waals surface area contributed by atoms with Crippen molar-refractivity contribution in [1.82, 2.24) is 0 Å². The monoisotopic (exact) mass is 312 g/mol. The largest absolute Gasteiger partial charge is 0.299 e. The summed E-state index contributed by atoms with van der Waals surface area (Å²) >= 11 is 0. The average Bonchev–Trinajstić information content (AvgIpc) is 2.64. The molecule has 0 spiro atoms. The zero-order valence-corrected chi connectivity index (χ0v) is 15.1. The first kappa shape index (κ1) is 20.8. The van der Waals surface area contributed by atoms with E-state index in [2.05, 4.69) is 0 Å². The SMILES string of the molecule is CC.CC.CC(=O)C(C)c1cccc(C(=O)c2ccccc2)c1. The summed E-state index contributed by atoms with van der Waals surface area (Å²) in [6, 6.07) is 16.5. The second-order valence-electron chi connectivity index (χ2n) is 4.65. The zero-order valence-electron chi connectivity index (χ0n) is 15.1. The Morgan fingerprint density at radius 3 is 1.83 bits per heavy atom. The van der Waals surface area contributed by atoms with E-state index in [0.717, 1.165) is 5.56 Å². The van der Waals surface area contributed by atoms with Crippen LogP contribution in [0.25, 0.3) is 0 Å². The van der Waals surface area contributed by atoms with E-state index in [0.29, 0.717) is 11.1 Å². The number of carbonyl (C=O) groups is 2. The van der Waals surface area contributed by atoms with Gasteiger partial charge in [0.1, 0.15) is 5.78 Å². The third kappa shape index (κ3) is 6.19. The Hall–Kier alpha value is -2.22. The molecule has 0 aliphatic carbocycles. The molecule has 0 saturated carbocycles. The Bertz CT molecular complexity index is 600. The van der Waals surface area contributed by atoms with Crippen LogP contribution in [0.3, 0.4) is 0 Å². The molecule has 0 fully saturated rings. The highest BCUT2D eigenvalue weighted by molar-refractivity contribution is 6.09. The van der Waals surface area contributed by atoms with Gasteiger partial charge < -0.3 is 0 Å². The minimum Gasteiger partial charge on any atom is -0.299 e. The van der Waals surface area contributed by atoms with E-state index in [4.69, 9.17) is 0 Å². The van der Waals surface area contributed by atoms with Crippen molar-refractivity contribution in [3.63, 3.8) is 0 Å². The molecule has 0 bridgehead atoms. The van der Waals surface area contributed by atoms with Crippen LogP contribution in [0.1, 0.15) is 68.9 Å². The van der Waals surface area contributed by atoms with Gasteiger partial charge in [0, 0.05) is 17.0 Å². The number of Topliss-reactive ketones (excluding diaryl/α,β-unsaturated/α-hetero) is 1. The summed E-state index contributed by atoms with van der Waals surface area (Å²) in [7, 11) is 0. The summed E-state index contributed by atoms with van der Waals surface area (Å²) < 4.78 is 0. The second kappa shape index (κ2) is 11.4. The van der Waals surface area contributed by atoms with Crippen molar-refractivity contribution in [1.29, 1.82) is 0 Å². The fraction of sp³-hybridized carbons (Fsp3) is 0.333. The van der Waals surface area contributed by atoms with E-state index in [1.807, 2.05) is 65.0 Å². The number of hydrogen-bond acceptors (Lipinski definition) is 2. The maximum Gasteiger partial charge on any atom is 0.193 e. The molecule has 0 heterocycles. The molecule has 0 amide bonds. The van der Waals surface area contributed by atoms with Crippen LogP contribution in [0.5, 0.6) is 0 Å². The second-order valence-corrected chi connectivity index (χ2v) is 4.65. The normalized spacial score (nSPS) is 10.3. The van der Waals surface area contributed by atoms with Crippen LogP contribution in [0, 0.1) is 0 Å². The van der Waals surface area contributed by atoms with E-state index in [1.165, 1.54) is 0 Å². The molecular weight excluding hydrogens is 284 g/mol. The van der Waals surface area contributed by atoms with Crippen LogP contribution in [0.15, 0.2) is 54.6 Å². The first-order chi connectivity index (χ1) is 11.1. The Morgan fingerprint density at radius 2 is 1.30 bits per heavy atom. The van der Waals surface area contributed by atoms with Gasteiger partial charge in [0.15, 0.2) is 5.78 Å². The number of ketones is 2. The average molecular weight is 312 g/mol.